The van der Waals surface area contributed by atoms with Crippen molar-refractivity contribution in [3.63, 3.8) is 0 Å². The van der Waals surface area contributed by atoms with E-state index >= 15 is 0 Å². The van der Waals surface area contributed by atoms with E-state index in [1.54, 1.807) is 0 Å². The number of rotatable bonds is 5. The van der Waals surface area contributed by atoms with Crippen LogP contribution >= 0.6 is 0 Å². The molecule has 0 saturated heterocycles. The maximum Gasteiger partial charge on any atom is 0.409 e. The third-order valence-electron chi connectivity index (χ3n) is 1.91. The minimum Gasteiger partial charge on any atom is -0.387 e. The van der Waals surface area contributed by atoms with Gasteiger partial charge in [0.05, 0.1) is 19.3 Å². The Kier molecular flexibility index (Phi) is 5.18. The Morgan fingerprint density at radius 2 is 1.88 bits per heavy atom. The Hall–Kier alpha value is -1.33. The summed E-state index contributed by atoms with van der Waals surface area (Å²) in [5.74, 6) is 0. The SMILES string of the molecule is OC(/C=C/C(F)(F)F)COCc1ccccc1. The fourth-order valence-electron chi connectivity index (χ4n) is 1.15. The zero-order chi connectivity index (χ0) is 12.7. The molecule has 1 N–H and O–H groups in total. The van der Waals surface area contributed by atoms with Crippen molar-refractivity contribution >= 4 is 0 Å². The summed E-state index contributed by atoms with van der Waals surface area (Å²) in [6, 6.07) is 9.18. The molecule has 1 aromatic rings. The number of aliphatic hydroxyl groups is 1. The summed E-state index contributed by atoms with van der Waals surface area (Å²) in [7, 11) is 0. The first kappa shape index (κ1) is 13.7. The smallest absolute Gasteiger partial charge is 0.387 e. The van der Waals surface area contributed by atoms with E-state index < -0.39 is 12.3 Å². The quantitative estimate of drug-likeness (QED) is 0.809. The molecule has 1 unspecified atom stereocenters. The lowest BCUT2D eigenvalue weighted by molar-refractivity contribution is -0.0809. The lowest BCUT2D eigenvalue weighted by Gasteiger charge is -2.07. The molecule has 1 atom stereocenters. The highest BCUT2D eigenvalue weighted by molar-refractivity contribution is 5.13. The molecule has 0 aliphatic rings. The van der Waals surface area contributed by atoms with Gasteiger partial charge in [-0.25, -0.2) is 0 Å². The number of alkyl halides is 3. The van der Waals surface area contributed by atoms with Crippen molar-refractivity contribution in [2.75, 3.05) is 6.61 Å². The van der Waals surface area contributed by atoms with Crippen LogP contribution in [0.1, 0.15) is 5.56 Å². The van der Waals surface area contributed by atoms with Gasteiger partial charge in [0.15, 0.2) is 0 Å². The summed E-state index contributed by atoms with van der Waals surface area (Å²) in [5, 5.41) is 9.18. The lowest BCUT2D eigenvalue weighted by atomic mass is 10.2. The first-order valence-electron chi connectivity index (χ1n) is 5.03. The van der Waals surface area contributed by atoms with E-state index in [2.05, 4.69) is 0 Å². The molecule has 0 fully saturated rings. The van der Waals surface area contributed by atoms with E-state index in [0.29, 0.717) is 6.08 Å². The topological polar surface area (TPSA) is 29.5 Å². The van der Waals surface area contributed by atoms with Crippen molar-refractivity contribution in [3.05, 3.63) is 48.0 Å². The largest absolute Gasteiger partial charge is 0.409 e. The Labute approximate surface area is 97.3 Å². The molecule has 0 aliphatic carbocycles. The molecular weight excluding hydrogens is 233 g/mol. The van der Waals surface area contributed by atoms with Gasteiger partial charge in [-0.3, -0.25) is 0 Å². The molecule has 0 heterocycles. The van der Waals surface area contributed by atoms with E-state index in [1.807, 2.05) is 30.3 Å². The Bertz CT molecular complexity index is 347. The van der Waals surface area contributed by atoms with Gasteiger partial charge in [-0.05, 0) is 11.6 Å². The molecule has 0 saturated carbocycles. The number of halogens is 3. The predicted molar refractivity (Wildman–Crippen MR) is 57.3 cm³/mol. The highest BCUT2D eigenvalue weighted by Gasteiger charge is 2.22. The standard InChI is InChI=1S/C12H13F3O2/c13-12(14,15)7-6-11(16)9-17-8-10-4-2-1-3-5-10/h1-7,11,16H,8-9H2/b7-6+. The monoisotopic (exact) mass is 246 g/mol. The third-order valence-corrected chi connectivity index (χ3v) is 1.91. The van der Waals surface area contributed by atoms with Crippen molar-refractivity contribution < 1.29 is 23.0 Å². The molecule has 0 radical (unpaired) electrons. The predicted octanol–water partition coefficient (Wildman–Crippen LogP) is 2.68. The second kappa shape index (κ2) is 6.42. The van der Waals surface area contributed by atoms with Crippen LogP contribution in [0.2, 0.25) is 0 Å². The maximum atomic E-state index is 11.8. The van der Waals surface area contributed by atoms with Gasteiger partial charge in [0.25, 0.3) is 0 Å². The van der Waals surface area contributed by atoms with E-state index in [1.165, 1.54) is 0 Å². The molecule has 0 amide bonds. The van der Waals surface area contributed by atoms with Gasteiger partial charge < -0.3 is 9.84 Å². The van der Waals surface area contributed by atoms with Crippen LogP contribution < -0.4 is 0 Å². The van der Waals surface area contributed by atoms with Gasteiger partial charge in [0, 0.05) is 6.08 Å². The van der Waals surface area contributed by atoms with E-state index in [0.717, 1.165) is 5.56 Å². The van der Waals surface area contributed by atoms with Gasteiger partial charge in [0.1, 0.15) is 0 Å². The minimum atomic E-state index is -4.40. The normalized spacial score (nSPS) is 14.1. The zero-order valence-electron chi connectivity index (χ0n) is 9.02. The number of hydrogen-bond donors (Lipinski definition) is 1. The number of hydrogen-bond acceptors (Lipinski definition) is 2. The van der Waals surface area contributed by atoms with Crippen molar-refractivity contribution in [1.82, 2.24) is 0 Å². The maximum absolute atomic E-state index is 11.8. The van der Waals surface area contributed by atoms with E-state index in [4.69, 9.17) is 4.74 Å². The summed E-state index contributed by atoms with van der Waals surface area (Å²) in [6.45, 7) is 0.0965. The van der Waals surface area contributed by atoms with Crippen LogP contribution in [0.3, 0.4) is 0 Å². The minimum absolute atomic E-state index is 0.00352. The molecule has 0 bridgehead atoms. The Morgan fingerprint density at radius 1 is 1.24 bits per heavy atom. The van der Waals surface area contributed by atoms with Gasteiger partial charge in [-0.15, -0.1) is 0 Å². The Morgan fingerprint density at radius 3 is 2.47 bits per heavy atom. The van der Waals surface area contributed by atoms with E-state index in [9.17, 15) is 18.3 Å². The lowest BCUT2D eigenvalue weighted by Crippen LogP contribution is -2.14. The van der Waals surface area contributed by atoms with Gasteiger partial charge in [-0.1, -0.05) is 30.3 Å². The highest BCUT2D eigenvalue weighted by Crippen LogP contribution is 2.16. The first-order valence-corrected chi connectivity index (χ1v) is 5.03. The molecule has 1 aromatic carbocycles. The first-order chi connectivity index (χ1) is 7.97. The number of ether oxygens (including phenoxy) is 1. The third kappa shape index (κ3) is 6.76. The average Bonchev–Trinajstić information content (AvgIpc) is 2.27. The fourth-order valence-corrected chi connectivity index (χ4v) is 1.15. The van der Waals surface area contributed by atoms with Gasteiger partial charge >= 0.3 is 6.18 Å². The van der Waals surface area contributed by atoms with Crippen LogP contribution in [0.15, 0.2) is 42.5 Å². The summed E-state index contributed by atoms with van der Waals surface area (Å²) >= 11 is 0. The second-order valence-corrected chi connectivity index (χ2v) is 3.47. The van der Waals surface area contributed by atoms with Crippen LogP contribution in [0, 0.1) is 0 Å². The molecule has 0 spiro atoms. The van der Waals surface area contributed by atoms with Gasteiger partial charge in [-0.2, -0.15) is 13.2 Å². The van der Waals surface area contributed by atoms with Crippen molar-refractivity contribution in [2.24, 2.45) is 0 Å². The zero-order valence-corrected chi connectivity index (χ0v) is 9.02. The number of allylic oxidation sites excluding steroid dienone is 1. The van der Waals surface area contributed by atoms with Crippen molar-refractivity contribution in [1.29, 1.82) is 0 Å². The average molecular weight is 246 g/mol. The summed E-state index contributed by atoms with van der Waals surface area (Å²) in [6.07, 6.45) is -4.98. The molecule has 0 aromatic heterocycles. The number of benzene rings is 1. The van der Waals surface area contributed by atoms with E-state index in [-0.39, 0.29) is 19.3 Å². The summed E-state index contributed by atoms with van der Waals surface area (Å²) in [4.78, 5) is 0. The molecule has 2 nitrogen and oxygen atoms in total. The highest BCUT2D eigenvalue weighted by atomic mass is 19.4. The fraction of sp³-hybridized carbons (Fsp3) is 0.333. The van der Waals surface area contributed by atoms with Gasteiger partial charge in [0.2, 0.25) is 0 Å². The molecular formula is C12H13F3O2. The molecule has 17 heavy (non-hydrogen) atoms. The van der Waals surface area contributed by atoms with Crippen LogP contribution in [-0.2, 0) is 11.3 Å². The molecule has 1 rings (SSSR count). The molecule has 0 aliphatic heterocycles. The second-order valence-electron chi connectivity index (χ2n) is 3.47. The van der Waals surface area contributed by atoms with Crippen molar-refractivity contribution in [3.8, 4) is 0 Å². The molecule has 94 valence electrons. The summed E-state index contributed by atoms with van der Waals surface area (Å²) in [5.41, 5.74) is 0.902. The van der Waals surface area contributed by atoms with Crippen molar-refractivity contribution in [2.45, 2.75) is 18.9 Å². The molecule has 5 heteroatoms. The van der Waals surface area contributed by atoms with Crippen LogP contribution in [0.25, 0.3) is 0 Å². The summed E-state index contributed by atoms with van der Waals surface area (Å²) < 4.78 is 40.4. The van der Waals surface area contributed by atoms with Crippen LogP contribution in [-0.4, -0.2) is 24.0 Å². The Balaban J connectivity index is 2.25. The van der Waals surface area contributed by atoms with Crippen LogP contribution in [0.4, 0.5) is 13.2 Å². The number of aliphatic hydroxyl groups excluding tert-OH is 1. The van der Waals surface area contributed by atoms with Crippen LogP contribution in [0.5, 0.6) is 0 Å².